The Balaban J connectivity index is 2.51. The molecule has 0 unspecified atom stereocenters. The van der Waals surface area contributed by atoms with E-state index in [1.165, 1.54) is 6.07 Å². The third-order valence-electron chi connectivity index (χ3n) is 2.18. The van der Waals surface area contributed by atoms with Crippen LogP contribution in [0.5, 0.6) is 0 Å². The van der Waals surface area contributed by atoms with Gasteiger partial charge in [0.25, 0.3) is 0 Å². The van der Waals surface area contributed by atoms with E-state index in [1.807, 2.05) is 0 Å². The van der Waals surface area contributed by atoms with Crippen LogP contribution >= 0.6 is 0 Å². The molecule has 1 aliphatic heterocycles. The molecule has 2 rings (SSSR count). The maximum atomic E-state index is 11.5. The van der Waals surface area contributed by atoms with Crippen LogP contribution in [0.25, 0.3) is 0 Å². The number of hydrogen-bond donors (Lipinski definition) is 1. The minimum atomic E-state index is -3.48. The smallest absolute Gasteiger partial charge is 0.242 e. The Hall–Kier alpha value is -1.56. The van der Waals surface area contributed by atoms with Crippen LogP contribution in [0, 0.1) is 0 Å². The molecule has 0 spiro atoms. The van der Waals surface area contributed by atoms with Crippen molar-refractivity contribution in [2.24, 2.45) is 0 Å². The number of benzene rings is 1. The van der Waals surface area contributed by atoms with Gasteiger partial charge in [-0.3, -0.25) is 4.79 Å². The average Bonchev–Trinajstić information content (AvgIpc) is 2.40. The van der Waals surface area contributed by atoms with E-state index in [1.54, 1.807) is 18.2 Å². The molecule has 0 aliphatic carbocycles. The van der Waals surface area contributed by atoms with Crippen LogP contribution < -0.4 is 10.0 Å². The van der Waals surface area contributed by atoms with Crippen LogP contribution in [-0.4, -0.2) is 20.1 Å². The Morgan fingerprint density at radius 1 is 1.33 bits per heavy atom. The molecule has 0 bridgehead atoms. The third-order valence-corrected chi connectivity index (χ3v) is 3.87. The zero-order chi connectivity index (χ0) is 11.1. The monoisotopic (exact) mass is 226 g/mol. The number of carbonyl (C=O) groups is 1. The second-order valence-electron chi connectivity index (χ2n) is 3.32. The topological polar surface area (TPSA) is 80.5 Å². The van der Waals surface area contributed by atoms with E-state index in [2.05, 4.69) is 0 Å². The molecule has 6 heteroatoms. The second kappa shape index (κ2) is 3.23. The zero-order valence-electron chi connectivity index (χ0n) is 7.88. The number of amides is 1. The zero-order valence-corrected chi connectivity index (χ0v) is 8.70. The predicted octanol–water partition coefficient (Wildman–Crippen LogP) is 0.335. The molecule has 1 fully saturated rings. The number of nitrogens with two attached hydrogens (primary N) is 1. The van der Waals surface area contributed by atoms with Gasteiger partial charge in [0.2, 0.25) is 15.9 Å². The summed E-state index contributed by atoms with van der Waals surface area (Å²) in [6, 6.07) is 6.28. The number of nitrogens with zero attached hydrogens (tertiary/aromatic N) is 1. The van der Waals surface area contributed by atoms with Gasteiger partial charge in [-0.1, -0.05) is 6.07 Å². The van der Waals surface area contributed by atoms with Crippen LogP contribution in [0.4, 0.5) is 11.4 Å². The molecule has 1 heterocycles. The number of hydrogen-bond acceptors (Lipinski definition) is 4. The van der Waals surface area contributed by atoms with E-state index >= 15 is 0 Å². The Labute approximate surface area is 87.5 Å². The minimum Gasteiger partial charge on any atom is -0.399 e. The molecule has 1 aromatic carbocycles. The molecular formula is C9H10N2O3S. The summed E-state index contributed by atoms with van der Waals surface area (Å²) in [6.45, 7) is 0. The van der Waals surface area contributed by atoms with Gasteiger partial charge in [-0.15, -0.1) is 0 Å². The first-order valence-corrected chi connectivity index (χ1v) is 6.03. The molecule has 0 aromatic heterocycles. The lowest BCUT2D eigenvalue weighted by Crippen LogP contribution is -2.29. The normalized spacial score (nSPS) is 19.5. The lowest BCUT2D eigenvalue weighted by molar-refractivity contribution is -0.116. The number of nitrogen functional groups attached to an aromatic ring is 1. The van der Waals surface area contributed by atoms with Gasteiger partial charge < -0.3 is 5.73 Å². The van der Waals surface area contributed by atoms with Crippen LogP contribution in [-0.2, 0) is 14.8 Å². The molecular weight excluding hydrogens is 216 g/mol. The first kappa shape index (κ1) is 9.97. The molecule has 0 atom stereocenters. The van der Waals surface area contributed by atoms with E-state index in [0.29, 0.717) is 11.4 Å². The molecule has 1 aromatic rings. The van der Waals surface area contributed by atoms with Crippen molar-refractivity contribution in [1.29, 1.82) is 0 Å². The van der Waals surface area contributed by atoms with Crippen LogP contribution in [0.15, 0.2) is 24.3 Å². The highest BCUT2D eigenvalue weighted by Gasteiger charge is 2.36. The van der Waals surface area contributed by atoms with Gasteiger partial charge in [-0.25, -0.2) is 12.7 Å². The molecule has 1 aliphatic rings. The highest BCUT2D eigenvalue weighted by atomic mass is 32.2. The van der Waals surface area contributed by atoms with Gasteiger partial charge in [-0.05, 0) is 18.2 Å². The van der Waals surface area contributed by atoms with Crippen LogP contribution in [0.2, 0.25) is 0 Å². The lowest BCUT2D eigenvalue weighted by atomic mass is 10.3. The molecule has 5 nitrogen and oxygen atoms in total. The van der Waals surface area contributed by atoms with Gasteiger partial charge in [0.05, 0.1) is 11.4 Å². The van der Waals surface area contributed by atoms with Crippen molar-refractivity contribution in [2.45, 2.75) is 6.42 Å². The molecule has 15 heavy (non-hydrogen) atoms. The summed E-state index contributed by atoms with van der Waals surface area (Å²) in [7, 11) is -3.48. The summed E-state index contributed by atoms with van der Waals surface area (Å²) in [5.74, 6) is -0.527. The molecule has 0 saturated carbocycles. The van der Waals surface area contributed by atoms with E-state index in [0.717, 1.165) is 4.31 Å². The summed E-state index contributed by atoms with van der Waals surface area (Å²) in [5.41, 5.74) is 6.28. The van der Waals surface area contributed by atoms with Gasteiger partial charge in [0.1, 0.15) is 0 Å². The summed E-state index contributed by atoms with van der Waals surface area (Å²) in [4.78, 5) is 11.4. The standard InChI is InChI=1S/C9H10N2O3S/c10-7-2-1-3-8(6-7)11-9(12)4-5-15(11,13)14/h1-3,6H,4-5,10H2. The van der Waals surface area contributed by atoms with Crippen LogP contribution in [0.1, 0.15) is 6.42 Å². The van der Waals surface area contributed by atoms with Crippen molar-refractivity contribution < 1.29 is 13.2 Å². The number of rotatable bonds is 1. The van der Waals surface area contributed by atoms with Crippen molar-refractivity contribution in [3.63, 3.8) is 0 Å². The first-order chi connectivity index (χ1) is 7.00. The van der Waals surface area contributed by atoms with E-state index in [-0.39, 0.29) is 12.2 Å². The second-order valence-corrected chi connectivity index (χ2v) is 5.26. The maximum absolute atomic E-state index is 11.5. The van der Waals surface area contributed by atoms with Crippen molar-refractivity contribution in [2.75, 3.05) is 15.8 Å². The highest BCUT2D eigenvalue weighted by Crippen LogP contribution is 2.26. The number of anilines is 2. The van der Waals surface area contributed by atoms with E-state index < -0.39 is 15.9 Å². The average molecular weight is 226 g/mol. The fraction of sp³-hybridized carbons (Fsp3) is 0.222. The molecule has 2 N–H and O–H groups in total. The molecule has 0 radical (unpaired) electrons. The summed E-state index contributed by atoms with van der Waals surface area (Å²) in [6.07, 6.45) is 0.0388. The van der Waals surface area contributed by atoms with Gasteiger partial charge in [0.15, 0.2) is 0 Å². The predicted molar refractivity (Wildman–Crippen MR) is 56.7 cm³/mol. The summed E-state index contributed by atoms with van der Waals surface area (Å²) in [5, 5.41) is 0. The summed E-state index contributed by atoms with van der Waals surface area (Å²) < 4.78 is 23.9. The quantitative estimate of drug-likeness (QED) is 0.700. The van der Waals surface area contributed by atoms with Crippen molar-refractivity contribution >= 4 is 27.3 Å². The number of sulfonamides is 1. The van der Waals surface area contributed by atoms with Gasteiger partial charge >= 0.3 is 0 Å². The summed E-state index contributed by atoms with van der Waals surface area (Å²) >= 11 is 0. The maximum Gasteiger partial charge on any atom is 0.242 e. The number of carbonyl (C=O) groups excluding carboxylic acids is 1. The molecule has 1 amide bonds. The van der Waals surface area contributed by atoms with Crippen molar-refractivity contribution in [3.8, 4) is 0 Å². The Bertz CT molecular complexity index is 510. The largest absolute Gasteiger partial charge is 0.399 e. The highest BCUT2D eigenvalue weighted by molar-refractivity contribution is 7.94. The third kappa shape index (κ3) is 1.68. The molecule has 80 valence electrons. The first-order valence-electron chi connectivity index (χ1n) is 4.42. The molecule has 1 saturated heterocycles. The van der Waals surface area contributed by atoms with Crippen molar-refractivity contribution in [1.82, 2.24) is 0 Å². The lowest BCUT2D eigenvalue weighted by Gasteiger charge is -2.14. The van der Waals surface area contributed by atoms with Gasteiger partial charge in [0, 0.05) is 12.1 Å². The Morgan fingerprint density at radius 2 is 2.07 bits per heavy atom. The van der Waals surface area contributed by atoms with Crippen LogP contribution in [0.3, 0.4) is 0 Å². The van der Waals surface area contributed by atoms with E-state index in [9.17, 15) is 13.2 Å². The fourth-order valence-corrected chi connectivity index (χ4v) is 2.97. The van der Waals surface area contributed by atoms with Gasteiger partial charge in [-0.2, -0.15) is 0 Å². The van der Waals surface area contributed by atoms with Crippen molar-refractivity contribution in [3.05, 3.63) is 24.3 Å². The Kier molecular flexibility index (Phi) is 2.15. The fourth-order valence-electron chi connectivity index (χ4n) is 1.52. The minimum absolute atomic E-state index is 0.0388. The van der Waals surface area contributed by atoms with E-state index in [4.69, 9.17) is 5.73 Å². The Morgan fingerprint density at radius 3 is 2.60 bits per heavy atom. The SMILES string of the molecule is Nc1cccc(N2C(=O)CCS2(=O)=O)c1.